The Morgan fingerprint density at radius 3 is 1.86 bits per heavy atom. The number of benzene rings is 2. The van der Waals surface area contributed by atoms with Crippen molar-refractivity contribution < 1.29 is 19.8 Å². The Bertz CT molecular complexity index is 1190. The number of unbranched alkanes of at least 4 members (excludes halogenated alkanes) is 2. The Morgan fingerprint density at radius 1 is 0.722 bits per heavy atom. The number of aliphatic carboxylic acids is 2. The minimum Gasteiger partial charge on any atom is -0.481 e. The third-order valence-electron chi connectivity index (χ3n) is 6.44. The van der Waals surface area contributed by atoms with Gasteiger partial charge in [-0.15, -0.1) is 23.1 Å². The number of thioether (sulfide) groups is 1. The Kier molecular flexibility index (Phi) is 9.42. The molecule has 1 atom stereocenters. The normalized spacial score (nSPS) is 15.1. The zero-order chi connectivity index (χ0) is 25.3. The maximum Gasteiger partial charge on any atom is 0.303 e. The molecule has 6 heteroatoms. The van der Waals surface area contributed by atoms with Crippen LogP contribution >= 0.6 is 23.1 Å². The van der Waals surface area contributed by atoms with Crippen LogP contribution in [0.15, 0.2) is 66.7 Å². The summed E-state index contributed by atoms with van der Waals surface area (Å²) in [5.74, 6) is -1.44. The molecule has 1 aliphatic rings. The van der Waals surface area contributed by atoms with E-state index in [4.69, 9.17) is 10.2 Å². The highest BCUT2D eigenvalue weighted by molar-refractivity contribution is 8.09. The number of hydrogen-bond acceptors (Lipinski definition) is 4. The van der Waals surface area contributed by atoms with Gasteiger partial charge in [-0.25, -0.2) is 0 Å². The highest BCUT2D eigenvalue weighted by Crippen LogP contribution is 2.50. The second kappa shape index (κ2) is 12.9. The van der Waals surface area contributed by atoms with Crippen LogP contribution in [0.3, 0.4) is 0 Å². The molecule has 1 unspecified atom stereocenters. The van der Waals surface area contributed by atoms with Crippen molar-refractivity contribution in [1.82, 2.24) is 0 Å². The van der Waals surface area contributed by atoms with Gasteiger partial charge in [0.2, 0.25) is 0 Å². The third kappa shape index (κ3) is 7.58. The highest BCUT2D eigenvalue weighted by atomic mass is 32.2. The molecule has 0 radical (unpaired) electrons. The van der Waals surface area contributed by atoms with Crippen LogP contribution in [0, 0.1) is 0 Å². The lowest BCUT2D eigenvalue weighted by Crippen LogP contribution is -1.95. The lowest BCUT2D eigenvalue weighted by Gasteiger charge is -2.11. The number of hydrogen-bond donors (Lipinski definition) is 2. The molecule has 1 aliphatic heterocycles. The maximum atomic E-state index is 10.7. The average molecular weight is 521 g/mol. The van der Waals surface area contributed by atoms with Gasteiger partial charge in [-0.1, -0.05) is 54.6 Å². The van der Waals surface area contributed by atoms with Crippen LogP contribution in [0.25, 0.3) is 15.3 Å². The Labute approximate surface area is 221 Å². The van der Waals surface area contributed by atoms with Gasteiger partial charge in [0.05, 0.1) is 0 Å². The Balaban J connectivity index is 1.28. The van der Waals surface area contributed by atoms with Crippen molar-refractivity contribution in [3.63, 3.8) is 0 Å². The molecule has 0 aliphatic carbocycles. The molecule has 3 aromatic rings. The second-order valence-electron chi connectivity index (χ2n) is 9.21. The molecule has 4 nitrogen and oxygen atoms in total. The van der Waals surface area contributed by atoms with Crippen molar-refractivity contribution in [2.45, 2.75) is 63.0 Å². The molecule has 0 saturated heterocycles. The molecule has 1 aromatic heterocycles. The molecule has 2 aromatic carbocycles. The molecule has 0 fully saturated rings. The Hall–Kier alpha value is -2.83. The van der Waals surface area contributed by atoms with Crippen LogP contribution in [0.5, 0.6) is 0 Å². The van der Waals surface area contributed by atoms with E-state index in [1.165, 1.54) is 36.9 Å². The van der Waals surface area contributed by atoms with E-state index in [1.807, 2.05) is 23.1 Å². The molecule has 2 heterocycles. The van der Waals surface area contributed by atoms with E-state index < -0.39 is 11.9 Å². The van der Waals surface area contributed by atoms with Gasteiger partial charge in [-0.2, -0.15) is 0 Å². The molecule has 0 spiro atoms. The SMILES string of the molecule is O=C(O)CCCCc1ccc(-c2ccc(C3=CCC(c4ccc(CCCCC(=O)O)cc4)S3)s2)cc1. The van der Waals surface area contributed by atoms with Crippen molar-refractivity contribution in [3.8, 4) is 10.4 Å². The summed E-state index contributed by atoms with van der Waals surface area (Å²) in [5, 5.41) is 18.0. The molecule has 0 amide bonds. The largest absolute Gasteiger partial charge is 0.481 e. The number of thiophene rings is 1. The maximum absolute atomic E-state index is 10.7. The van der Waals surface area contributed by atoms with Gasteiger partial charge in [0.25, 0.3) is 0 Å². The predicted octanol–water partition coefficient (Wildman–Crippen LogP) is 8.23. The number of carboxylic acid groups (broad SMARTS) is 2. The number of carbonyl (C=O) groups is 2. The average Bonchev–Trinajstić information content (AvgIpc) is 3.55. The standard InChI is InChI=1S/C30H32O4S2/c31-29(32)7-3-1-5-21-9-13-23(14-10-21)25-17-19-27(35-25)28-20-18-26(36-28)24-15-11-22(12-16-24)6-2-4-8-30(33)34/h9-17,19-20,26H,1-8,18H2,(H,31,32)(H,33,34). The van der Waals surface area contributed by atoms with Crippen LogP contribution in [-0.2, 0) is 22.4 Å². The van der Waals surface area contributed by atoms with E-state index in [9.17, 15) is 9.59 Å². The third-order valence-corrected chi connectivity index (χ3v) is 9.12. The summed E-state index contributed by atoms with van der Waals surface area (Å²) in [6, 6.07) is 21.9. The van der Waals surface area contributed by atoms with Crippen molar-refractivity contribution in [2.75, 3.05) is 0 Å². The molecule has 4 rings (SSSR count). The van der Waals surface area contributed by atoms with Gasteiger partial charge in [0, 0.05) is 32.8 Å². The topological polar surface area (TPSA) is 74.6 Å². The number of rotatable bonds is 13. The smallest absolute Gasteiger partial charge is 0.303 e. The summed E-state index contributed by atoms with van der Waals surface area (Å²) in [6.07, 6.45) is 8.97. The first-order valence-corrected chi connectivity index (χ1v) is 14.3. The summed E-state index contributed by atoms with van der Waals surface area (Å²) in [7, 11) is 0. The van der Waals surface area contributed by atoms with Crippen LogP contribution in [0.1, 0.15) is 71.8 Å². The van der Waals surface area contributed by atoms with Gasteiger partial charge in [0.15, 0.2) is 0 Å². The summed E-state index contributed by atoms with van der Waals surface area (Å²) >= 11 is 3.77. The van der Waals surface area contributed by atoms with Crippen LogP contribution < -0.4 is 0 Å². The van der Waals surface area contributed by atoms with E-state index in [2.05, 4.69) is 66.7 Å². The van der Waals surface area contributed by atoms with Gasteiger partial charge in [-0.05, 0) is 79.3 Å². The van der Waals surface area contributed by atoms with Gasteiger partial charge >= 0.3 is 11.9 Å². The lowest BCUT2D eigenvalue weighted by atomic mass is 10.0. The van der Waals surface area contributed by atoms with Crippen LogP contribution in [0.4, 0.5) is 0 Å². The lowest BCUT2D eigenvalue weighted by molar-refractivity contribution is -0.138. The zero-order valence-electron chi connectivity index (χ0n) is 20.3. The fourth-order valence-electron chi connectivity index (χ4n) is 4.40. The molecule has 188 valence electrons. The first-order chi connectivity index (χ1) is 17.5. The van der Waals surface area contributed by atoms with Crippen molar-refractivity contribution in [2.24, 2.45) is 0 Å². The predicted molar refractivity (Wildman–Crippen MR) is 150 cm³/mol. The molecule has 0 saturated carbocycles. The highest BCUT2D eigenvalue weighted by Gasteiger charge is 2.22. The summed E-state index contributed by atoms with van der Waals surface area (Å²) < 4.78 is 0. The molecule has 36 heavy (non-hydrogen) atoms. The molecular formula is C30H32O4S2. The van der Waals surface area contributed by atoms with E-state index in [-0.39, 0.29) is 12.8 Å². The van der Waals surface area contributed by atoms with E-state index in [0.29, 0.717) is 5.25 Å². The molecule has 0 bridgehead atoms. The summed E-state index contributed by atoms with van der Waals surface area (Å²) in [5.41, 5.74) is 5.09. The number of carboxylic acids is 2. The van der Waals surface area contributed by atoms with Crippen molar-refractivity contribution in [3.05, 3.63) is 88.3 Å². The van der Waals surface area contributed by atoms with Gasteiger partial charge in [-0.3, -0.25) is 9.59 Å². The van der Waals surface area contributed by atoms with E-state index in [1.54, 1.807) is 0 Å². The van der Waals surface area contributed by atoms with E-state index in [0.717, 1.165) is 44.9 Å². The minimum atomic E-state index is -0.722. The minimum absolute atomic E-state index is 0.242. The summed E-state index contributed by atoms with van der Waals surface area (Å²) in [6.45, 7) is 0. The van der Waals surface area contributed by atoms with Crippen molar-refractivity contribution >= 4 is 39.9 Å². The number of allylic oxidation sites excluding steroid dienone is 1. The van der Waals surface area contributed by atoms with Crippen molar-refractivity contribution in [1.29, 1.82) is 0 Å². The van der Waals surface area contributed by atoms with Gasteiger partial charge < -0.3 is 10.2 Å². The Morgan fingerprint density at radius 2 is 1.28 bits per heavy atom. The first kappa shape index (κ1) is 26.2. The van der Waals surface area contributed by atoms with Gasteiger partial charge in [0.1, 0.15) is 0 Å². The number of aryl methyl sites for hydroxylation is 2. The monoisotopic (exact) mass is 520 g/mol. The van der Waals surface area contributed by atoms with Crippen LogP contribution in [-0.4, -0.2) is 22.2 Å². The molecule has 2 N–H and O–H groups in total. The fourth-order valence-corrected chi connectivity index (χ4v) is 6.78. The first-order valence-electron chi connectivity index (χ1n) is 12.6. The summed E-state index contributed by atoms with van der Waals surface area (Å²) in [4.78, 5) is 25.2. The zero-order valence-corrected chi connectivity index (χ0v) is 22.0. The second-order valence-corrected chi connectivity index (χ2v) is 11.5. The quantitative estimate of drug-likeness (QED) is 0.222. The fraction of sp³-hybridized carbons (Fsp3) is 0.333. The molecular weight excluding hydrogens is 488 g/mol. The van der Waals surface area contributed by atoms with Crippen LogP contribution in [0.2, 0.25) is 0 Å². The van der Waals surface area contributed by atoms with E-state index >= 15 is 0 Å².